The van der Waals surface area contributed by atoms with E-state index in [4.69, 9.17) is 5.11 Å². The first-order valence-electron chi connectivity index (χ1n) is 4.84. The molecule has 0 rings (SSSR count). The Hall–Kier alpha value is -0.350. The summed E-state index contributed by atoms with van der Waals surface area (Å²) in [4.78, 5) is 0. The standard InChI is InChI=1S/C10H20O3S/c1-4-10(3,9-11)7-6-8-14(12,13)5-2/h4,11H,1,5-9H2,2-3H3. The van der Waals surface area contributed by atoms with Gasteiger partial charge in [-0.1, -0.05) is 19.9 Å². The Morgan fingerprint density at radius 2 is 2.07 bits per heavy atom. The Morgan fingerprint density at radius 1 is 1.50 bits per heavy atom. The van der Waals surface area contributed by atoms with E-state index in [0.29, 0.717) is 12.8 Å². The van der Waals surface area contributed by atoms with Crippen LogP contribution in [0.1, 0.15) is 26.7 Å². The largest absolute Gasteiger partial charge is 0.395 e. The predicted octanol–water partition coefficient (Wildman–Crippen LogP) is 1.39. The molecule has 14 heavy (non-hydrogen) atoms. The molecule has 0 aromatic rings. The molecule has 0 saturated heterocycles. The summed E-state index contributed by atoms with van der Waals surface area (Å²) in [6, 6.07) is 0. The molecule has 0 fully saturated rings. The topological polar surface area (TPSA) is 54.4 Å². The van der Waals surface area contributed by atoms with Crippen molar-refractivity contribution in [1.82, 2.24) is 0 Å². The van der Waals surface area contributed by atoms with Crippen molar-refractivity contribution in [2.75, 3.05) is 18.1 Å². The summed E-state index contributed by atoms with van der Waals surface area (Å²) in [6.45, 7) is 7.17. The van der Waals surface area contributed by atoms with Crippen molar-refractivity contribution < 1.29 is 13.5 Å². The van der Waals surface area contributed by atoms with Crippen molar-refractivity contribution in [3.63, 3.8) is 0 Å². The SMILES string of the molecule is C=CC(C)(CO)CCCS(=O)(=O)CC. The first-order chi connectivity index (χ1) is 6.39. The van der Waals surface area contributed by atoms with Crippen LogP contribution in [-0.4, -0.2) is 31.6 Å². The molecule has 3 nitrogen and oxygen atoms in total. The molecular formula is C10H20O3S. The van der Waals surface area contributed by atoms with Gasteiger partial charge in [0.1, 0.15) is 9.84 Å². The first kappa shape index (κ1) is 13.7. The Balaban J connectivity index is 4.02. The fourth-order valence-electron chi connectivity index (χ4n) is 1.09. The highest BCUT2D eigenvalue weighted by atomic mass is 32.2. The van der Waals surface area contributed by atoms with Crippen LogP contribution in [-0.2, 0) is 9.84 Å². The van der Waals surface area contributed by atoms with E-state index >= 15 is 0 Å². The molecule has 0 aromatic carbocycles. The average molecular weight is 220 g/mol. The molecule has 0 aliphatic rings. The van der Waals surface area contributed by atoms with Crippen molar-refractivity contribution in [3.8, 4) is 0 Å². The lowest BCUT2D eigenvalue weighted by molar-refractivity contribution is 0.175. The smallest absolute Gasteiger partial charge is 0.150 e. The highest BCUT2D eigenvalue weighted by Crippen LogP contribution is 2.23. The monoisotopic (exact) mass is 220 g/mol. The van der Waals surface area contributed by atoms with E-state index in [1.54, 1.807) is 13.0 Å². The molecule has 1 N–H and O–H groups in total. The fourth-order valence-corrected chi connectivity index (χ4v) is 1.96. The number of hydrogen-bond donors (Lipinski definition) is 1. The van der Waals surface area contributed by atoms with E-state index in [9.17, 15) is 8.42 Å². The third-order valence-corrected chi connectivity index (χ3v) is 4.29. The van der Waals surface area contributed by atoms with E-state index in [2.05, 4.69) is 6.58 Å². The first-order valence-corrected chi connectivity index (χ1v) is 6.66. The summed E-state index contributed by atoms with van der Waals surface area (Å²) < 4.78 is 22.3. The van der Waals surface area contributed by atoms with Crippen LogP contribution in [0.25, 0.3) is 0 Å². The van der Waals surface area contributed by atoms with Gasteiger partial charge in [-0.15, -0.1) is 6.58 Å². The van der Waals surface area contributed by atoms with Gasteiger partial charge in [0.05, 0.1) is 12.4 Å². The predicted molar refractivity (Wildman–Crippen MR) is 59.0 cm³/mol. The normalized spacial score (nSPS) is 16.2. The number of aliphatic hydroxyl groups is 1. The maximum Gasteiger partial charge on any atom is 0.150 e. The number of aliphatic hydroxyl groups excluding tert-OH is 1. The maximum absolute atomic E-state index is 11.2. The molecular weight excluding hydrogens is 200 g/mol. The van der Waals surface area contributed by atoms with E-state index in [0.717, 1.165) is 0 Å². The quantitative estimate of drug-likeness (QED) is 0.660. The van der Waals surface area contributed by atoms with Crippen LogP contribution in [0, 0.1) is 5.41 Å². The summed E-state index contributed by atoms with van der Waals surface area (Å²) in [7, 11) is -2.87. The van der Waals surface area contributed by atoms with Gasteiger partial charge in [0.25, 0.3) is 0 Å². The number of hydrogen-bond acceptors (Lipinski definition) is 3. The molecule has 84 valence electrons. The van der Waals surface area contributed by atoms with Gasteiger partial charge in [-0.3, -0.25) is 0 Å². The molecule has 0 heterocycles. The molecule has 0 amide bonds. The lowest BCUT2D eigenvalue weighted by Crippen LogP contribution is -2.20. The third-order valence-electron chi connectivity index (χ3n) is 2.50. The lowest BCUT2D eigenvalue weighted by Gasteiger charge is -2.22. The molecule has 0 aliphatic heterocycles. The Kier molecular flexibility index (Phi) is 5.37. The van der Waals surface area contributed by atoms with Crippen LogP contribution in [0.3, 0.4) is 0 Å². The average Bonchev–Trinajstić information content (AvgIpc) is 2.17. The number of rotatable bonds is 7. The van der Waals surface area contributed by atoms with Crippen molar-refractivity contribution in [3.05, 3.63) is 12.7 Å². The van der Waals surface area contributed by atoms with Gasteiger partial charge in [0.2, 0.25) is 0 Å². The van der Waals surface area contributed by atoms with Crippen LogP contribution in [0.4, 0.5) is 0 Å². The highest BCUT2D eigenvalue weighted by Gasteiger charge is 2.19. The Bertz CT molecular complexity index is 269. The molecule has 0 spiro atoms. The Morgan fingerprint density at radius 3 is 2.43 bits per heavy atom. The fraction of sp³-hybridized carbons (Fsp3) is 0.800. The van der Waals surface area contributed by atoms with E-state index in [-0.39, 0.29) is 23.5 Å². The van der Waals surface area contributed by atoms with E-state index < -0.39 is 9.84 Å². The van der Waals surface area contributed by atoms with Crippen LogP contribution in [0.5, 0.6) is 0 Å². The molecule has 0 radical (unpaired) electrons. The molecule has 0 bridgehead atoms. The van der Waals surface area contributed by atoms with Gasteiger partial charge in [0, 0.05) is 11.2 Å². The number of sulfone groups is 1. The lowest BCUT2D eigenvalue weighted by atomic mass is 9.87. The molecule has 1 unspecified atom stereocenters. The van der Waals surface area contributed by atoms with E-state index in [1.165, 1.54) is 0 Å². The van der Waals surface area contributed by atoms with E-state index in [1.807, 2.05) is 6.92 Å². The zero-order valence-electron chi connectivity index (χ0n) is 8.99. The van der Waals surface area contributed by atoms with Crippen LogP contribution in [0.2, 0.25) is 0 Å². The van der Waals surface area contributed by atoms with Gasteiger partial charge in [-0.25, -0.2) is 8.42 Å². The third kappa shape index (κ3) is 4.77. The summed E-state index contributed by atoms with van der Waals surface area (Å²) in [5.74, 6) is 0.393. The molecule has 0 aromatic heterocycles. The highest BCUT2D eigenvalue weighted by molar-refractivity contribution is 7.91. The minimum absolute atomic E-state index is 0.0165. The minimum atomic E-state index is -2.87. The van der Waals surface area contributed by atoms with Crippen LogP contribution < -0.4 is 0 Å². The summed E-state index contributed by atoms with van der Waals surface area (Å²) in [5.41, 5.74) is -0.344. The molecule has 0 saturated carbocycles. The van der Waals surface area contributed by atoms with Crippen LogP contribution >= 0.6 is 0 Å². The summed E-state index contributed by atoms with van der Waals surface area (Å²) in [5, 5.41) is 9.05. The van der Waals surface area contributed by atoms with Crippen molar-refractivity contribution in [2.45, 2.75) is 26.7 Å². The van der Waals surface area contributed by atoms with Gasteiger partial charge >= 0.3 is 0 Å². The van der Waals surface area contributed by atoms with Crippen molar-refractivity contribution in [2.24, 2.45) is 5.41 Å². The minimum Gasteiger partial charge on any atom is -0.395 e. The second kappa shape index (κ2) is 5.51. The molecule has 0 aliphatic carbocycles. The van der Waals surface area contributed by atoms with Gasteiger partial charge in [-0.2, -0.15) is 0 Å². The second-order valence-electron chi connectivity index (χ2n) is 3.86. The van der Waals surface area contributed by atoms with Crippen molar-refractivity contribution in [1.29, 1.82) is 0 Å². The van der Waals surface area contributed by atoms with Gasteiger partial charge < -0.3 is 5.11 Å². The zero-order chi connectivity index (χ0) is 11.2. The molecule has 4 heteroatoms. The van der Waals surface area contributed by atoms with Crippen LogP contribution in [0.15, 0.2) is 12.7 Å². The van der Waals surface area contributed by atoms with Gasteiger partial charge in [-0.05, 0) is 12.8 Å². The Labute approximate surface area is 86.8 Å². The summed E-state index contributed by atoms with van der Waals surface area (Å²) >= 11 is 0. The maximum atomic E-state index is 11.2. The van der Waals surface area contributed by atoms with Gasteiger partial charge in [0.15, 0.2) is 0 Å². The van der Waals surface area contributed by atoms with Crippen molar-refractivity contribution >= 4 is 9.84 Å². The second-order valence-corrected chi connectivity index (χ2v) is 6.33. The summed E-state index contributed by atoms with van der Waals surface area (Å²) in [6.07, 6.45) is 2.93. The zero-order valence-corrected chi connectivity index (χ0v) is 9.81. The molecule has 1 atom stereocenters.